The van der Waals surface area contributed by atoms with Crippen molar-refractivity contribution in [3.05, 3.63) is 63.1 Å². The summed E-state index contributed by atoms with van der Waals surface area (Å²) >= 11 is 18.3. The summed E-state index contributed by atoms with van der Waals surface area (Å²) in [4.78, 5) is 27.6. The van der Waals surface area contributed by atoms with Crippen LogP contribution >= 0.6 is 34.8 Å². The molecule has 0 radical (unpaired) electrons. The molecule has 1 N–H and O–H groups in total. The van der Waals surface area contributed by atoms with Gasteiger partial charge >= 0.3 is 0 Å². The van der Waals surface area contributed by atoms with Gasteiger partial charge in [-0.2, -0.15) is 0 Å². The van der Waals surface area contributed by atoms with E-state index in [2.05, 4.69) is 5.32 Å². The zero-order valence-corrected chi connectivity index (χ0v) is 22.5. The third-order valence-corrected chi connectivity index (χ3v) is 7.14. The number of rotatable bonds is 10. The maximum Gasteiger partial charge on any atom is 0.244 e. The molecule has 0 spiro atoms. The van der Waals surface area contributed by atoms with Gasteiger partial charge < -0.3 is 10.2 Å². The lowest BCUT2D eigenvalue weighted by Crippen LogP contribution is -2.51. The van der Waals surface area contributed by atoms with Crippen LogP contribution in [0.4, 0.5) is 5.69 Å². The third-order valence-electron chi connectivity index (χ3n) is 4.99. The Kier molecular flexibility index (Phi) is 10.1. The second-order valence-electron chi connectivity index (χ2n) is 8.31. The molecule has 2 aromatic rings. The molecule has 11 heteroatoms. The summed E-state index contributed by atoms with van der Waals surface area (Å²) in [6.07, 6.45) is 0.958. The maximum absolute atomic E-state index is 13.5. The first kappa shape index (κ1) is 28.2. The Labute approximate surface area is 216 Å². The van der Waals surface area contributed by atoms with E-state index in [4.69, 9.17) is 34.8 Å². The zero-order valence-electron chi connectivity index (χ0n) is 19.4. The van der Waals surface area contributed by atoms with Crippen molar-refractivity contribution in [1.29, 1.82) is 0 Å². The fourth-order valence-electron chi connectivity index (χ4n) is 3.11. The van der Waals surface area contributed by atoms with E-state index in [1.807, 2.05) is 44.2 Å². The molecular formula is C23H28Cl3N3O4S. The van der Waals surface area contributed by atoms with Gasteiger partial charge in [-0.1, -0.05) is 79.0 Å². The third kappa shape index (κ3) is 7.77. The number of sulfonamides is 1. The summed E-state index contributed by atoms with van der Waals surface area (Å²) in [5.41, 5.74) is 0.807. The van der Waals surface area contributed by atoms with Gasteiger partial charge in [0.15, 0.2) is 0 Å². The van der Waals surface area contributed by atoms with Gasteiger partial charge in [-0.15, -0.1) is 0 Å². The van der Waals surface area contributed by atoms with E-state index in [0.29, 0.717) is 6.54 Å². The van der Waals surface area contributed by atoms with E-state index < -0.39 is 28.5 Å². The van der Waals surface area contributed by atoms with E-state index in [1.54, 1.807) is 6.92 Å². The van der Waals surface area contributed by atoms with Gasteiger partial charge in [0, 0.05) is 13.1 Å². The van der Waals surface area contributed by atoms with Crippen LogP contribution in [0.15, 0.2) is 42.5 Å². The van der Waals surface area contributed by atoms with Crippen molar-refractivity contribution in [3.8, 4) is 0 Å². The van der Waals surface area contributed by atoms with Gasteiger partial charge in [0.25, 0.3) is 0 Å². The fraction of sp³-hybridized carbons (Fsp3) is 0.391. The Balaban J connectivity index is 2.41. The Morgan fingerprint density at radius 1 is 0.971 bits per heavy atom. The predicted octanol–water partition coefficient (Wildman–Crippen LogP) is 4.60. The normalized spacial score (nSPS) is 12.4. The van der Waals surface area contributed by atoms with Crippen molar-refractivity contribution < 1.29 is 18.0 Å². The van der Waals surface area contributed by atoms with E-state index in [9.17, 15) is 18.0 Å². The first-order valence-corrected chi connectivity index (χ1v) is 13.5. The molecular weight excluding hydrogens is 521 g/mol. The molecule has 7 nitrogen and oxygen atoms in total. The first-order chi connectivity index (χ1) is 15.8. The summed E-state index contributed by atoms with van der Waals surface area (Å²) in [5.74, 6) is -0.688. The van der Waals surface area contributed by atoms with Crippen molar-refractivity contribution in [3.63, 3.8) is 0 Å². The number of benzene rings is 2. The van der Waals surface area contributed by atoms with E-state index in [-0.39, 0.29) is 39.1 Å². The van der Waals surface area contributed by atoms with Crippen molar-refractivity contribution in [2.75, 3.05) is 23.7 Å². The SMILES string of the molecule is CC(C)CNC(=O)[C@@H](C)N(Cc1ccccc1)C(=O)CN(c1cc(Cl)c(Cl)cc1Cl)S(C)(=O)=O. The highest BCUT2D eigenvalue weighted by Crippen LogP contribution is 2.35. The van der Waals surface area contributed by atoms with Gasteiger partial charge in [0.2, 0.25) is 21.8 Å². The van der Waals surface area contributed by atoms with Gasteiger partial charge in [0.1, 0.15) is 12.6 Å². The van der Waals surface area contributed by atoms with Gasteiger partial charge in [-0.25, -0.2) is 8.42 Å². The largest absolute Gasteiger partial charge is 0.354 e. The smallest absolute Gasteiger partial charge is 0.244 e. The summed E-state index contributed by atoms with van der Waals surface area (Å²) < 4.78 is 26.1. The number of amides is 2. The minimum Gasteiger partial charge on any atom is -0.354 e. The molecule has 0 saturated heterocycles. The summed E-state index contributed by atoms with van der Waals surface area (Å²) in [6.45, 7) is 5.51. The van der Waals surface area contributed by atoms with Crippen LogP contribution in [0.1, 0.15) is 26.3 Å². The minimum atomic E-state index is -3.94. The number of hydrogen-bond donors (Lipinski definition) is 1. The monoisotopic (exact) mass is 547 g/mol. The number of carbonyl (C=O) groups is 2. The highest BCUT2D eigenvalue weighted by Gasteiger charge is 2.31. The van der Waals surface area contributed by atoms with Crippen LogP contribution in [0.5, 0.6) is 0 Å². The predicted molar refractivity (Wildman–Crippen MR) is 138 cm³/mol. The van der Waals surface area contributed by atoms with Crippen molar-refractivity contribution in [1.82, 2.24) is 10.2 Å². The van der Waals surface area contributed by atoms with Crippen LogP contribution in [0.3, 0.4) is 0 Å². The molecule has 0 aliphatic carbocycles. The molecule has 0 aromatic heterocycles. The molecule has 2 aromatic carbocycles. The lowest BCUT2D eigenvalue weighted by atomic mass is 10.1. The van der Waals surface area contributed by atoms with Crippen LogP contribution in [0.2, 0.25) is 15.1 Å². The van der Waals surface area contributed by atoms with Crippen molar-refractivity contribution >= 4 is 62.3 Å². The second-order valence-corrected chi connectivity index (χ2v) is 11.4. The molecule has 0 saturated carbocycles. The molecule has 186 valence electrons. The quantitative estimate of drug-likeness (QED) is 0.440. The van der Waals surface area contributed by atoms with Crippen LogP contribution in [0.25, 0.3) is 0 Å². The maximum atomic E-state index is 13.5. The molecule has 2 amide bonds. The second kappa shape index (κ2) is 12.1. The molecule has 0 bridgehead atoms. The fourth-order valence-corrected chi connectivity index (χ4v) is 4.66. The number of halogens is 3. The van der Waals surface area contributed by atoms with Crippen LogP contribution in [-0.2, 0) is 26.2 Å². The Morgan fingerprint density at radius 2 is 1.56 bits per heavy atom. The standard InChI is InChI=1S/C23H28Cl3N3O4S/c1-15(2)12-27-23(31)16(3)28(13-17-8-6-5-7-9-17)22(30)14-29(34(4,32)33)21-11-19(25)18(24)10-20(21)26/h5-11,15-16H,12-14H2,1-4H3,(H,27,31)/t16-/m1/s1. The van der Waals surface area contributed by atoms with E-state index >= 15 is 0 Å². The minimum absolute atomic E-state index is 0.0171. The molecule has 0 heterocycles. The van der Waals surface area contributed by atoms with E-state index in [1.165, 1.54) is 17.0 Å². The molecule has 0 aliphatic heterocycles. The lowest BCUT2D eigenvalue weighted by Gasteiger charge is -2.32. The average molecular weight is 549 g/mol. The molecule has 34 heavy (non-hydrogen) atoms. The highest BCUT2D eigenvalue weighted by molar-refractivity contribution is 7.92. The zero-order chi connectivity index (χ0) is 25.6. The van der Waals surface area contributed by atoms with Crippen LogP contribution < -0.4 is 9.62 Å². The topological polar surface area (TPSA) is 86.8 Å². The number of nitrogens with one attached hydrogen (secondary N) is 1. The van der Waals surface area contributed by atoms with Gasteiger partial charge in [-0.3, -0.25) is 13.9 Å². The highest BCUT2D eigenvalue weighted by atomic mass is 35.5. The van der Waals surface area contributed by atoms with Gasteiger partial charge in [0.05, 0.1) is 27.0 Å². The van der Waals surface area contributed by atoms with Crippen molar-refractivity contribution in [2.24, 2.45) is 5.92 Å². The van der Waals surface area contributed by atoms with Crippen LogP contribution in [0, 0.1) is 5.92 Å². The summed E-state index contributed by atoms with van der Waals surface area (Å²) in [6, 6.07) is 10.9. The molecule has 0 unspecified atom stereocenters. The lowest BCUT2D eigenvalue weighted by molar-refractivity contribution is -0.139. The first-order valence-electron chi connectivity index (χ1n) is 10.5. The van der Waals surface area contributed by atoms with Gasteiger partial charge in [-0.05, 0) is 30.5 Å². The Bertz CT molecular complexity index is 1130. The molecule has 2 rings (SSSR count). The van der Waals surface area contributed by atoms with Crippen molar-refractivity contribution in [2.45, 2.75) is 33.4 Å². The summed E-state index contributed by atoms with van der Waals surface area (Å²) in [7, 11) is -3.94. The average Bonchev–Trinajstić information content (AvgIpc) is 2.76. The molecule has 0 fully saturated rings. The summed E-state index contributed by atoms with van der Waals surface area (Å²) in [5, 5.41) is 3.08. The Hall–Kier alpha value is -2.00. The Morgan fingerprint density at radius 3 is 2.12 bits per heavy atom. The molecule has 0 aliphatic rings. The van der Waals surface area contributed by atoms with Crippen LogP contribution in [-0.4, -0.2) is 50.5 Å². The molecule has 1 atom stereocenters. The van der Waals surface area contributed by atoms with E-state index in [0.717, 1.165) is 16.1 Å². The number of nitrogens with zero attached hydrogens (tertiary/aromatic N) is 2. The number of carbonyl (C=O) groups excluding carboxylic acids is 2. The number of hydrogen-bond acceptors (Lipinski definition) is 4. The number of anilines is 1.